The highest BCUT2D eigenvalue weighted by atomic mass is 19.1. The molecule has 2 aromatic carbocycles. The largest absolute Gasteiger partial charge is 0.348 e. The Bertz CT molecular complexity index is 1240. The van der Waals surface area contributed by atoms with Crippen LogP contribution in [0.5, 0.6) is 0 Å². The van der Waals surface area contributed by atoms with E-state index in [0.717, 1.165) is 5.56 Å². The number of hydrogen-bond acceptors (Lipinski definition) is 8. The van der Waals surface area contributed by atoms with Crippen LogP contribution in [0.1, 0.15) is 24.1 Å². The lowest BCUT2D eigenvalue weighted by atomic mass is 10.1. The highest BCUT2D eigenvalue weighted by molar-refractivity contribution is 5.64. The molecule has 158 valence electrons. The number of benzene rings is 2. The zero-order valence-electron chi connectivity index (χ0n) is 17.1. The van der Waals surface area contributed by atoms with Gasteiger partial charge in [0.15, 0.2) is 0 Å². The predicted molar refractivity (Wildman–Crippen MR) is 120 cm³/mol. The Morgan fingerprint density at radius 2 is 1.72 bits per heavy atom. The third-order valence-corrected chi connectivity index (χ3v) is 4.53. The maximum absolute atomic E-state index is 13.3. The second-order valence-corrected chi connectivity index (χ2v) is 6.91. The summed E-state index contributed by atoms with van der Waals surface area (Å²) in [7, 11) is 0. The molecule has 4 rings (SSSR count). The lowest BCUT2D eigenvalue weighted by Gasteiger charge is -2.16. The minimum Gasteiger partial charge on any atom is -0.348 e. The highest BCUT2D eigenvalue weighted by Gasteiger charge is 2.11. The Labute approximate surface area is 184 Å². The third kappa shape index (κ3) is 5.31. The average molecular weight is 426 g/mol. The second-order valence-electron chi connectivity index (χ2n) is 6.91. The van der Waals surface area contributed by atoms with Crippen molar-refractivity contribution in [1.82, 2.24) is 19.9 Å². The fourth-order valence-corrected chi connectivity index (χ4v) is 2.98. The SMILES string of the molecule is C[C@H](Nc1nc(Nc2cccc(C#N)c2)cc(Nc2cnccn2)n1)c1ccc(F)cc1. The smallest absolute Gasteiger partial charge is 0.227 e. The summed E-state index contributed by atoms with van der Waals surface area (Å²) in [5, 5.41) is 18.7. The van der Waals surface area contributed by atoms with Gasteiger partial charge >= 0.3 is 0 Å². The number of nitrogens with zero attached hydrogens (tertiary/aromatic N) is 5. The number of nitrogens with one attached hydrogen (secondary N) is 3. The van der Waals surface area contributed by atoms with Crippen LogP contribution >= 0.6 is 0 Å². The molecule has 4 aromatic rings. The summed E-state index contributed by atoms with van der Waals surface area (Å²) in [5.74, 6) is 1.60. The van der Waals surface area contributed by atoms with Gasteiger partial charge < -0.3 is 16.0 Å². The van der Waals surface area contributed by atoms with Gasteiger partial charge in [0.25, 0.3) is 0 Å². The van der Waals surface area contributed by atoms with Gasteiger partial charge in [0.1, 0.15) is 23.3 Å². The van der Waals surface area contributed by atoms with Crippen LogP contribution in [0.2, 0.25) is 0 Å². The van der Waals surface area contributed by atoms with Crippen molar-refractivity contribution in [2.24, 2.45) is 0 Å². The fraction of sp³-hybridized carbons (Fsp3) is 0.0870. The van der Waals surface area contributed by atoms with E-state index in [2.05, 4.69) is 42.0 Å². The van der Waals surface area contributed by atoms with Crippen LogP contribution in [0.15, 0.2) is 73.2 Å². The minimum atomic E-state index is -0.293. The first kappa shape index (κ1) is 20.7. The standard InChI is InChI=1S/C23H19FN8/c1-15(17-5-7-18(24)8-6-17)28-23-31-20(29-19-4-2-3-16(11-19)13-25)12-21(32-23)30-22-14-26-9-10-27-22/h2-12,14-15H,1H3,(H3,27,28,29,30,31,32)/t15-/m0/s1. The maximum Gasteiger partial charge on any atom is 0.227 e. The lowest BCUT2D eigenvalue weighted by Crippen LogP contribution is -2.11. The summed E-state index contributed by atoms with van der Waals surface area (Å²) in [6.45, 7) is 1.93. The monoisotopic (exact) mass is 426 g/mol. The van der Waals surface area contributed by atoms with Crippen LogP contribution in [0.4, 0.5) is 33.5 Å². The number of hydrogen-bond donors (Lipinski definition) is 3. The van der Waals surface area contributed by atoms with Gasteiger partial charge in [-0.2, -0.15) is 15.2 Å². The average Bonchev–Trinajstić information content (AvgIpc) is 2.80. The highest BCUT2D eigenvalue weighted by Crippen LogP contribution is 2.24. The quantitative estimate of drug-likeness (QED) is 0.381. The number of anilines is 5. The summed E-state index contributed by atoms with van der Waals surface area (Å²) in [6.07, 6.45) is 4.74. The summed E-state index contributed by atoms with van der Waals surface area (Å²) < 4.78 is 13.3. The maximum atomic E-state index is 13.3. The molecule has 8 nitrogen and oxygen atoms in total. The van der Waals surface area contributed by atoms with Crippen molar-refractivity contribution in [3.8, 4) is 6.07 Å². The van der Waals surface area contributed by atoms with Crippen LogP contribution in [0, 0.1) is 17.1 Å². The molecule has 32 heavy (non-hydrogen) atoms. The van der Waals surface area contributed by atoms with Crippen LogP contribution in [0.3, 0.4) is 0 Å². The Hall–Kier alpha value is -4.58. The van der Waals surface area contributed by atoms with Gasteiger partial charge in [-0.1, -0.05) is 18.2 Å². The molecule has 9 heteroatoms. The number of aromatic nitrogens is 4. The molecule has 0 fully saturated rings. The Morgan fingerprint density at radius 3 is 2.44 bits per heavy atom. The molecule has 2 heterocycles. The van der Waals surface area contributed by atoms with Crippen molar-refractivity contribution in [2.75, 3.05) is 16.0 Å². The number of rotatable bonds is 7. The van der Waals surface area contributed by atoms with Gasteiger partial charge in [-0.15, -0.1) is 0 Å². The minimum absolute atomic E-state index is 0.169. The summed E-state index contributed by atoms with van der Waals surface area (Å²) in [5.41, 5.74) is 2.13. The molecule has 2 aromatic heterocycles. The van der Waals surface area contributed by atoms with E-state index in [4.69, 9.17) is 5.26 Å². The molecule has 0 aliphatic rings. The van der Waals surface area contributed by atoms with E-state index < -0.39 is 0 Å². The molecule has 0 aliphatic carbocycles. The Balaban J connectivity index is 1.63. The Morgan fingerprint density at radius 1 is 0.938 bits per heavy atom. The molecule has 0 saturated heterocycles. The van der Waals surface area contributed by atoms with E-state index in [-0.39, 0.29) is 11.9 Å². The molecular formula is C23H19FN8. The zero-order chi connectivity index (χ0) is 22.3. The first-order chi connectivity index (χ1) is 15.6. The van der Waals surface area contributed by atoms with Crippen LogP contribution in [-0.4, -0.2) is 19.9 Å². The van der Waals surface area contributed by atoms with E-state index in [9.17, 15) is 4.39 Å². The normalized spacial score (nSPS) is 11.3. The molecule has 0 amide bonds. The summed E-state index contributed by atoms with van der Waals surface area (Å²) >= 11 is 0. The summed E-state index contributed by atoms with van der Waals surface area (Å²) in [4.78, 5) is 17.3. The topological polar surface area (TPSA) is 111 Å². The molecule has 1 atom stereocenters. The molecule has 0 aliphatic heterocycles. The van der Waals surface area contributed by atoms with E-state index in [1.54, 1.807) is 55.0 Å². The molecule has 0 saturated carbocycles. The molecular weight excluding hydrogens is 407 g/mol. The number of halogens is 1. The van der Waals surface area contributed by atoms with Crippen molar-refractivity contribution in [2.45, 2.75) is 13.0 Å². The van der Waals surface area contributed by atoms with Crippen molar-refractivity contribution in [1.29, 1.82) is 5.26 Å². The van der Waals surface area contributed by atoms with Crippen LogP contribution < -0.4 is 16.0 Å². The summed E-state index contributed by atoms with van der Waals surface area (Å²) in [6, 6.07) is 17.0. The van der Waals surface area contributed by atoms with Crippen molar-refractivity contribution < 1.29 is 4.39 Å². The van der Waals surface area contributed by atoms with Gasteiger partial charge in [0.05, 0.1) is 23.9 Å². The van der Waals surface area contributed by atoms with Gasteiger partial charge in [0.2, 0.25) is 5.95 Å². The van der Waals surface area contributed by atoms with Crippen molar-refractivity contribution in [3.63, 3.8) is 0 Å². The van der Waals surface area contributed by atoms with Crippen LogP contribution in [-0.2, 0) is 0 Å². The molecule has 0 bridgehead atoms. The Kier molecular flexibility index (Phi) is 6.13. The van der Waals surface area contributed by atoms with E-state index >= 15 is 0 Å². The fourth-order valence-electron chi connectivity index (χ4n) is 2.98. The van der Waals surface area contributed by atoms with E-state index in [1.807, 2.05) is 13.0 Å². The molecule has 0 radical (unpaired) electrons. The van der Waals surface area contributed by atoms with Crippen molar-refractivity contribution in [3.05, 3.63) is 90.1 Å². The third-order valence-electron chi connectivity index (χ3n) is 4.53. The van der Waals surface area contributed by atoms with E-state index in [1.165, 1.54) is 12.1 Å². The first-order valence-corrected chi connectivity index (χ1v) is 9.80. The molecule has 0 unspecified atom stereocenters. The second kappa shape index (κ2) is 9.49. The molecule has 3 N–H and O–H groups in total. The van der Waals surface area contributed by atoms with Gasteiger partial charge in [-0.25, -0.2) is 9.37 Å². The van der Waals surface area contributed by atoms with Gasteiger partial charge in [0, 0.05) is 24.1 Å². The molecule has 0 spiro atoms. The van der Waals surface area contributed by atoms with Gasteiger partial charge in [-0.3, -0.25) is 4.98 Å². The van der Waals surface area contributed by atoms with Gasteiger partial charge in [-0.05, 0) is 42.8 Å². The predicted octanol–water partition coefficient (Wildman–Crippen LogP) is 4.94. The zero-order valence-corrected chi connectivity index (χ0v) is 17.1. The number of nitriles is 1. The van der Waals surface area contributed by atoms with Crippen molar-refractivity contribution >= 4 is 29.1 Å². The lowest BCUT2D eigenvalue weighted by molar-refractivity contribution is 0.626. The first-order valence-electron chi connectivity index (χ1n) is 9.80. The van der Waals surface area contributed by atoms with Crippen LogP contribution in [0.25, 0.3) is 0 Å². The van der Waals surface area contributed by atoms with E-state index in [0.29, 0.717) is 34.7 Å².